The van der Waals surface area contributed by atoms with E-state index in [1.54, 1.807) is 0 Å². The Labute approximate surface area is 109 Å². The predicted molar refractivity (Wildman–Crippen MR) is 69.9 cm³/mol. The van der Waals surface area contributed by atoms with Crippen LogP contribution in [-0.2, 0) is 14.3 Å². The summed E-state index contributed by atoms with van der Waals surface area (Å²) in [6.07, 6.45) is 5.78. The second kappa shape index (κ2) is 4.15. The topological polar surface area (TPSA) is 35.5 Å². The highest BCUT2D eigenvalue weighted by atomic mass is 16.6. The monoisotopic (exact) mass is 250 g/mol. The molecule has 0 spiro atoms. The van der Waals surface area contributed by atoms with Gasteiger partial charge in [-0.2, -0.15) is 0 Å². The molecule has 0 aromatic carbocycles. The maximum Gasteiger partial charge on any atom is 0.303 e. The summed E-state index contributed by atoms with van der Waals surface area (Å²) in [5, 5.41) is 0. The van der Waals surface area contributed by atoms with E-state index in [9.17, 15) is 4.79 Å². The van der Waals surface area contributed by atoms with Gasteiger partial charge in [-0.05, 0) is 43.8 Å². The summed E-state index contributed by atoms with van der Waals surface area (Å²) in [4.78, 5) is 11.3. The van der Waals surface area contributed by atoms with Gasteiger partial charge in [-0.1, -0.05) is 19.9 Å². The molecule has 1 unspecified atom stereocenters. The molecular weight excluding hydrogens is 228 g/mol. The molecule has 3 nitrogen and oxygen atoms in total. The molecule has 2 atom stereocenters. The van der Waals surface area contributed by atoms with Gasteiger partial charge < -0.3 is 9.47 Å². The van der Waals surface area contributed by atoms with Crippen LogP contribution in [0, 0.1) is 5.41 Å². The lowest BCUT2D eigenvalue weighted by atomic mass is 9.64. The molecule has 2 aliphatic rings. The van der Waals surface area contributed by atoms with E-state index in [0.29, 0.717) is 0 Å². The average Bonchev–Trinajstić information content (AvgIpc) is 2.21. The molecule has 0 bridgehead atoms. The molecule has 0 aromatic rings. The first-order valence-electron chi connectivity index (χ1n) is 6.51. The molecule has 0 aromatic heterocycles. The molecule has 1 heterocycles. The molecule has 0 amide bonds. The largest absolute Gasteiger partial charge is 0.484 e. The zero-order chi connectivity index (χ0) is 13.6. The van der Waals surface area contributed by atoms with Crippen molar-refractivity contribution in [1.82, 2.24) is 0 Å². The van der Waals surface area contributed by atoms with E-state index in [1.807, 2.05) is 19.9 Å². The number of esters is 1. The highest BCUT2D eigenvalue weighted by molar-refractivity contribution is 5.66. The lowest BCUT2D eigenvalue weighted by Gasteiger charge is -2.50. The van der Waals surface area contributed by atoms with Gasteiger partial charge in [0.25, 0.3) is 0 Å². The second-order valence-corrected chi connectivity index (χ2v) is 6.09. The number of hydrogen-bond acceptors (Lipinski definition) is 3. The van der Waals surface area contributed by atoms with E-state index in [-0.39, 0.29) is 17.5 Å². The lowest BCUT2D eigenvalue weighted by molar-refractivity contribution is -0.166. The van der Waals surface area contributed by atoms with Crippen LogP contribution in [-0.4, -0.2) is 17.7 Å². The molecule has 100 valence electrons. The summed E-state index contributed by atoms with van der Waals surface area (Å²) in [7, 11) is 0. The number of fused-ring (bicyclic) bond motifs is 1. The quantitative estimate of drug-likeness (QED) is 0.669. The van der Waals surface area contributed by atoms with Crippen molar-refractivity contribution in [1.29, 1.82) is 0 Å². The number of carbonyl (C=O) groups excluding carboxylic acids is 1. The van der Waals surface area contributed by atoms with Crippen molar-refractivity contribution in [3.63, 3.8) is 0 Å². The second-order valence-electron chi connectivity index (χ2n) is 6.09. The van der Waals surface area contributed by atoms with Gasteiger partial charge in [0.05, 0.1) is 5.76 Å². The zero-order valence-corrected chi connectivity index (χ0v) is 11.9. The van der Waals surface area contributed by atoms with Crippen LogP contribution < -0.4 is 0 Å². The maximum atomic E-state index is 11.3. The van der Waals surface area contributed by atoms with E-state index in [4.69, 9.17) is 9.47 Å². The zero-order valence-electron chi connectivity index (χ0n) is 11.9. The Morgan fingerprint density at radius 2 is 2.06 bits per heavy atom. The maximum absolute atomic E-state index is 11.3. The number of ether oxygens (including phenoxy) is 2. The van der Waals surface area contributed by atoms with Gasteiger partial charge in [0, 0.05) is 6.92 Å². The highest BCUT2D eigenvalue weighted by Crippen LogP contribution is 2.50. The minimum atomic E-state index is -0.522. The molecule has 1 aliphatic carbocycles. The fourth-order valence-corrected chi connectivity index (χ4v) is 3.20. The smallest absolute Gasteiger partial charge is 0.303 e. The predicted octanol–water partition coefficient (Wildman–Crippen LogP) is 3.36. The molecule has 0 saturated heterocycles. The molecule has 1 fully saturated rings. The van der Waals surface area contributed by atoms with Crippen molar-refractivity contribution in [3.05, 3.63) is 23.5 Å². The van der Waals surface area contributed by atoms with Crippen LogP contribution in [0.3, 0.4) is 0 Å². The normalized spacial score (nSPS) is 33.7. The van der Waals surface area contributed by atoms with Crippen molar-refractivity contribution in [3.8, 4) is 0 Å². The number of rotatable bonds is 1. The van der Waals surface area contributed by atoms with Crippen molar-refractivity contribution in [2.45, 2.75) is 59.2 Å². The Morgan fingerprint density at radius 1 is 1.39 bits per heavy atom. The molecule has 3 heteroatoms. The minimum Gasteiger partial charge on any atom is -0.484 e. The van der Waals surface area contributed by atoms with Crippen molar-refractivity contribution in [2.75, 3.05) is 0 Å². The van der Waals surface area contributed by atoms with E-state index in [0.717, 1.165) is 18.6 Å². The highest BCUT2D eigenvalue weighted by Gasteiger charge is 2.52. The van der Waals surface area contributed by atoms with E-state index in [2.05, 4.69) is 19.9 Å². The molecule has 2 rings (SSSR count). The van der Waals surface area contributed by atoms with Crippen LogP contribution >= 0.6 is 0 Å². The summed E-state index contributed by atoms with van der Waals surface area (Å²) in [6.45, 7) is 9.87. The standard InChI is InChI=1S/C15H22O3/c1-10-6-7-12-14(3,4)9-8-13(17-11(2)16)15(12,5)18-10/h6-7,13H,8-9H2,1-5H3/t13?,15-/m1/s1. The minimum absolute atomic E-state index is 0.0859. The Morgan fingerprint density at radius 3 is 2.67 bits per heavy atom. The Balaban J connectivity index is 2.40. The van der Waals surface area contributed by atoms with Crippen LogP contribution in [0.15, 0.2) is 23.5 Å². The molecule has 0 radical (unpaired) electrons. The van der Waals surface area contributed by atoms with Gasteiger partial charge in [-0.15, -0.1) is 0 Å². The van der Waals surface area contributed by atoms with Crippen LogP contribution in [0.25, 0.3) is 0 Å². The summed E-state index contributed by atoms with van der Waals surface area (Å²) in [6, 6.07) is 0. The van der Waals surface area contributed by atoms with Gasteiger partial charge in [0.1, 0.15) is 6.10 Å². The van der Waals surface area contributed by atoms with Gasteiger partial charge in [-0.3, -0.25) is 4.79 Å². The van der Waals surface area contributed by atoms with Gasteiger partial charge in [-0.25, -0.2) is 0 Å². The third-order valence-corrected chi connectivity index (χ3v) is 4.08. The van der Waals surface area contributed by atoms with Gasteiger partial charge in [0.2, 0.25) is 0 Å². The first kappa shape index (κ1) is 13.2. The van der Waals surface area contributed by atoms with Crippen LogP contribution in [0.2, 0.25) is 0 Å². The van der Waals surface area contributed by atoms with Gasteiger partial charge >= 0.3 is 5.97 Å². The Kier molecular flexibility index (Phi) is 3.04. The summed E-state index contributed by atoms with van der Waals surface area (Å²) in [5.74, 6) is 0.632. The van der Waals surface area contributed by atoms with E-state index < -0.39 is 5.60 Å². The Hall–Kier alpha value is -1.25. The fourth-order valence-electron chi connectivity index (χ4n) is 3.20. The third kappa shape index (κ3) is 2.06. The van der Waals surface area contributed by atoms with Crippen molar-refractivity contribution < 1.29 is 14.3 Å². The van der Waals surface area contributed by atoms with Gasteiger partial charge in [0.15, 0.2) is 5.60 Å². The molecule has 0 N–H and O–H groups in total. The van der Waals surface area contributed by atoms with Crippen molar-refractivity contribution in [2.24, 2.45) is 5.41 Å². The average molecular weight is 250 g/mol. The molecule has 1 saturated carbocycles. The molecule has 1 aliphatic heterocycles. The van der Waals surface area contributed by atoms with Crippen molar-refractivity contribution >= 4 is 5.97 Å². The van der Waals surface area contributed by atoms with E-state index in [1.165, 1.54) is 12.5 Å². The van der Waals surface area contributed by atoms with Crippen LogP contribution in [0.1, 0.15) is 47.5 Å². The van der Waals surface area contributed by atoms with Crippen LogP contribution in [0.4, 0.5) is 0 Å². The molecule has 18 heavy (non-hydrogen) atoms. The number of carbonyl (C=O) groups is 1. The third-order valence-electron chi connectivity index (χ3n) is 4.08. The summed E-state index contributed by atoms with van der Waals surface area (Å²) >= 11 is 0. The van der Waals surface area contributed by atoms with Crippen LogP contribution in [0.5, 0.6) is 0 Å². The SMILES string of the molecule is CC(=O)OC1CCC(C)(C)C2=CC=C(C)O[C@]21C. The fraction of sp³-hybridized carbons (Fsp3) is 0.667. The summed E-state index contributed by atoms with van der Waals surface area (Å²) < 4.78 is 11.5. The number of allylic oxidation sites excluding steroid dienone is 3. The molecular formula is C15H22O3. The van der Waals surface area contributed by atoms with E-state index >= 15 is 0 Å². The Bertz CT molecular complexity index is 431. The summed E-state index contributed by atoms with van der Waals surface area (Å²) in [5.41, 5.74) is 0.785. The first-order chi connectivity index (χ1) is 8.25. The lowest BCUT2D eigenvalue weighted by Crippen LogP contribution is -2.53. The number of hydrogen-bond donors (Lipinski definition) is 0. The first-order valence-corrected chi connectivity index (χ1v) is 6.51.